The van der Waals surface area contributed by atoms with Gasteiger partial charge in [-0.2, -0.15) is 5.26 Å². The summed E-state index contributed by atoms with van der Waals surface area (Å²) in [5.41, 5.74) is 4.36. The van der Waals surface area contributed by atoms with Crippen LogP contribution in [0.3, 0.4) is 0 Å². The third-order valence-electron chi connectivity index (χ3n) is 4.53. The second-order valence-electron chi connectivity index (χ2n) is 5.92. The number of fused-ring (bicyclic) bond motifs is 3. The lowest BCUT2D eigenvalue weighted by molar-refractivity contribution is 0.0928. The fourth-order valence-corrected chi connectivity index (χ4v) is 3.44. The minimum atomic E-state index is -0.340. The number of nitrogens with zero attached hydrogens (tertiary/aromatic N) is 2. The standard InChI is InChI=1S/C19H14FN3O/c1-11-15-8-14(20)9-16(13-4-2-12(10-21)3-5-13)18(15)23-7-6-22-19(24)17(11)23/h2-5,8-9H,6-7H2,1H3,(H,22,24). The van der Waals surface area contributed by atoms with Gasteiger partial charge < -0.3 is 9.88 Å². The van der Waals surface area contributed by atoms with Gasteiger partial charge in [-0.1, -0.05) is 12.1 Å². The van der Waals surface area contributed by atoms with Gasteiger partial charge in [-0.05, 0) is 42.3 Å². The molecule has 2 aromatic carbocycles. The summed E-state index contributed by atoms with van der Waals surface area (Å²) in [6, 6.07) is 12.1. The molecule has 0 saturated carbocycles. The van der Waals surface area contributed by atoms with Crippen LogP contribution in [0.4, 0.5) is 4.39 Å². The minimum absolute atomic E-state index is 0.124. The Bertz CT molecular complexity index is 1030. The SMILES string of the molecule is Cc1c2n(c3c(-c4ccc(C#N)cc4)cc(F)cc13)CCNC2=O. The van der Waals surface area contributed by atoms with Crippen molar-refractivity contribution in [2.45, 2.75) is 13.5 Å². The van der Waals surface area contributed by atoms with Crippen molar-refractivity contribution in [1.82, 2.24) is 9.88 Å². The summed E-state index contributed by atoms with van der Waals surface area (Å²) in [6.07, 6.45) is 0. The van der Waals surface area contributed by atoms with Crippen LogP contribution in [0.15, 0.2) is 36.4 Å². The zero-order valence-corrected chi connectivity index (χ0v) is 13.1. The Kier molecular flexibility index (Phi) is 3.14. The molecule has 24 heavy (non-hydrogen) atoms. The van der Waals surface area contributed by atoms with Gasteiger partial charge in [-0.15, -0.1) is 0 Å². The van der Waals surface area contributed by atoms with Crippen molar-refractivity contribution in [1.29, 1.82) is 5.26 Å². The van der Waals surface area contributed by atoms with Gasteiger partial charge >= 0.3 is 0 Å². The fraction of sp³-hybridized carbons (Fsp3) is 0.158. The van der Waals surface area contributed by atoms with Crippen LogP contribution in [0.25, 0.3) is 22.0 Å². The molecule has 0 radical (unpaired) electrons. The molecule has 2 heterocycles. The maximum absolute atomic E-state index is 14.2. The van der Waals surface area contributed by atoms with E-state index in [0.29, 0.717) is 24.3 Å². The summed E-state index contributed by atoms with van der Waals surface area (Å²) in [5, 5.41) is 12.5. The van der Waals surface area contributed by atoms with E-state index in [-0.39, 0.29) is 11.7 Å². The van der Waals surface area contributed by atoms with Crippen LogP contribution in [-0.4, -0.2) is 17.0 Å². The van der Waals surface area contributed by atoms with E-state index in [1.54, 1.807) is 12.1 Å². The van der Waals surface area contributed by atoms with Crippen molar-refractivity contribution in [3.8, 4) is 17.2 Å². The number of rotatable bonds is 1. The molecule has 0 aliphatic carbocycles. The van der Waals surface area contributed by atoms with Gasteiger partial charge in [0.05, 0.1) is 17.1 Å². The van der Waals surface area contributed by atoms with E-state index in [1.165, 1.54) is 12.1 Å². The highest BCUT2D eigenvalue weighted by molar-refractivity contribution is 6.06. The number of hydrogen-bond acceptors (Lipinski definition) is 2. The molecule has 0 unspecified atom stereocenters. The Labute approximate surface area is 138 Å². The maximum atomic E-state index is 14.2. The average molecular weight is 319 g/mol. The first-order valence-corrected chi connectivity index (χ1v) is 7.71. The van der Waals surface area contributed by atoms with E-state index < -0.39 is 0 Å². The van der Waals surface area contributed by atoms with Crippen molar-refractivity contribution in [3.05, 3.63) is 59.0 Å². The normalized spacial score (nSPS) is 13.5. The number of aromatic nitrogens is 1. The molecule has 1 aromatic heterocycles. The maximum Gasteiger partial charge on any atom is 0.268 e. The Hall–Kier alpha value is -3.13. The summed E-state index contributed by atoms with van der Waals surface area (Å²) in [6.45, 7) is 3.06. The molecule has 0 fully saturated rings. The largest absolute Gasteiger partial charge is 0.349 e. The first kappa shape index (κ1) is 14.5. The monoisotopic (exact) mass is 319 g/mol. The predicted molar refractivity (Wildman–Crippen MR) is 89.1 cm³/mol. The third kappa shape index (κ3) is 2.00. The molecule has 0 atom stereocenters. The van der Waals surface area contributed by atoms with E-state index in [1.807, 2.05) is 23.6 Å². The lowest BCUT2D eigenvalue weighted by Gasteiger charge is -2.18. The van der Waals surface area contributed by atoms with Gasteiger partial charge in [-0.25, -0.2) is 4.39 Å². The molecule has 0 spiro atoms. The molecule has 4 rings (SSSR count). The number of hydrogen-bond donors (Lipinski definition) is 1. The number of nitriles is 1. The van der Waals surface area contributed by atoms with Gasteiger partial charge in [0.1, 0.15) is 11.5 Å². The number of aryl methyl sites for hydroxylation is 1. The summed E-state index contributed by atoms with van der Waals surface area (Å²) < 4.78 is 16.2. The Balaban J connectivity index is 2.07. The lowest BCUT2D eigenvalue weighted by Crippen LogP contribution is -2.35. The molecule has 4 nitrogen and oxygen atoms in total. The number of benzene rings is 2. The Morgan fingerprint density at radius 1 is 1.25 bits per heavy atom. The summed E-state index contributed by atoms with van der Waals surface area (Å²) in [4.78, 5) is 12.2. The Morgan fingerprint density at radius 2 is 2.00 bits per heavy atom. The number of carbonyl (C=O) groups is 1. The van der Waals surface area contributed by atoms with Gasteiger partial charge in [0, 0.05) is 24.0 Å². The van der Waals surface area contributed by atoms with Crippen LogP contribution in [-0.2, 0) is 6.54 Å². The average Bonchev–Trinajstić information content (AvgIpc) is 2.88. The van der Waals surface area contributed by atoms with E-state index >= 15 is 0 Å². The fourth-order valence-electron chi connectivity index (χ4n) is 3.44. The molecular formula is C19H14FN3O. The molecule has 1 aliphatic heterocycles. The molecule has 1 N–H and O–H groups in total. The summed E-state index contributed by atoms with van der Waals surface area (Å²) in [5.74, 6) is -0.463. The van der Waals surface area contributed by atoms with Crippen LogP contribution in [0.1, 0.15) is 21.6 Å². The molecule has 1 aliphatic rings. The molecule has 118 valence electrons. The third-order valence-corrected chi connectivity index (χ3v) is 4.53. The second-order valence-corrected chi connectivity index (χ2v) is 5.92. The topological polar surface area (TPSA) is 57.8 Å². The van der Waals surface area contributed by atoms with Crippen LogP contribution in [0.5, 0.6) is 0 Å². The van der Waals surface area contributed by atoms with E-state index in [4.69, 9.17) is 5.26 Å². The molecule has 5 heteroatoms. The van der Waals surface area contributed by atoms with Gasteiger partial charge in [0.15, 0.2) is 0 Å². The van der Waals surface area contributed by atoms with Gasteiger partial charge in [0.2, 0.25) is 0 Å². The molecule has 0 saturated heterocycles. The van der Waals surface area contributed by atoms with E-state index in [0.717, 1.165) is 27.6 Å². The van der Waals surface area contributed by atoms with Crippen molar-refractivity contribution in [3.63, 3.8) is 0 Å². The smallest absolute Gasteiger partial charge is 0.268 e. The highest BCUT2D eigenvalue weighted by atomic mass is 19.1. The highest BCUT2D eigenvalue weighted by Crippen LogP contribution is 2.35. The number of nitrogens with one attached hydrogen (secondary N) is 1. The van der Waals surface area contributed by atoms with Crippen molar-refractivity contribution in [2.75, 3.05) is 6.54 Å². The zero-order valence-electron chi connectivity index (χ0n) is 13.1. The number of halogens is 1. The zero-order chi connectivity index (χ0) is 16.8. The second kappa shape index (κ2) is 5.20. The van der Waals surface area contributed by atoms with Crippen LogP contribution >= 0.6 is 0 Å². The van der Waals surface area contributed by atoms with Gasteiger partial charge in [-0.3, -0.25) is 4.79 Å². The van der Waals surface area contributed by atoms with Gasteiger partial charge in [0.25, 0.3) is 5.91 Å². The number of amides is 1. The molecule has 0 bridgehead atoms. The lowest BCUT2D eigenvalue weighted by atomic mass is 10.0. The Morgan fingerprint density at radius 3 is 2.71 bits per heavy atom. The van der Waals surface area contributed by atoms with E-state index in [9.17, 15) is 9.18 Å². The van der Waals surface area contributed by atoms with Crippen LogP contribution < -0.4 is 5.32 Å². The first-order valence-electron chi connectivity index (χ1n) is 7.71. The van der Waals surface area contributed by atoms with Crippen LogP contribution in [0.2, 0.25) is 0 Å². The highest BCUT2D eigenvalue weighted by Gasteiger charge is 2.25. The molecular weight excluding hydrogens is 305 g/mol. The van der Waals surface area contributed by atoms with E-state index in [2.05, 4.69) is 11.4 Å². The first-order chi connectivity index (χ1) is 11.6. The summed E-state index contributed by atoms with van der Waals surface area (Å²) in [7, 11) is 0. The minimum Gasteiger partial charge on any atom is -0.349 e. The summed E-state index contributed by atoms with van der Waals surface area (Å²) >= 11 is 0. The quantitative estimate of drug-likeness (QED) is 0.747. The van der Waals surface area contributed by atoms with Crippen molar-refractivity contribution in [2.24, 2.45) is 0 Å². The molecule has 3 aromatic rings. The van der Waals surface area contributed by atoms with Crippen LogP contribution in [0, 0.1) is 24.1 Å². The van der Waals surface area contributed by atoms with Crippen molar-refractivity contribution < 1.29 is 9.18 Å². The predicted octanol–water partition coefficient (Wildman–Crippen LogP) is 3.37. The van der Waals surface area contributed by atoms with Crippen molar-refractivity contribution >= 4 is 16.8 Å². The molecule has 1 amide bonds. The number of carbonyl (C=O) groups excluding carboxylic acids is 1.